The molecule has 90 valence electrons. The van der Waals surface area contributed by atoms with Gasteiger partial charge in [-0.15, -0.1) is 0 Å². The summed E-state index contributed by atoms with van der Waals surface area (Å²) >= 11 is 3.14. The van der Waals surface area contributed by atoms with Crippen molar-refractivity contribution in [3.63, 3.8) is 0 Å². The maximum Gasteiger partial charge on any atom is 0.241 e. The van der Waals surface area contributed by atoms with Gasteiger partial charge in [-0.25, -0.2) is 13.1 Å². The van der Waals surface area contributed by atoms with Crippen LogP contribution >= 0.6 is 15.9 Å². The first kappa shape index (κ1) is 13.4. The standard InChI is InChI=1S/C9H13BrN2O3S/c1-6(13)5-12-16(14,15)9-4-7(11)2-3-8(9)10/h2-4,6,12-13H,5,11H2,1H3/t6-/m1/s1. The van der Waals surface area contributed by atoms with Crippen LogP contribution in [0.2, 0.25) is 0 Å². The number of nitrogen functional groups attached to an aromatic ring is 1. The van der Waals surface area contributed by atoms with Crippen LogP contribution in [-0.4, -0.2) is 26.2 Å². The zero-order valence-electron chi connectivity index (χ0n) is 8.64. The van der Waals surface area contributed by atoms with Crippen molar-refractivity contribution in [2.24, 2.45) is 0 Å². The Morgan fingerprint density at radius 1 is 1.56 bits per heavy atom. The average Bonchev–Trinajstić information content (AvgIpc) is 2.19. The van der Waals surface area contributed by atoms with E-state index in [-0.39, 0.29) is 11.4 Å². The third-order valence-electron chi connectivity index (χ3n) is 1.81. The third-order valence-corrected chi connectivity index (χ3v) is 4.23. The summed E-state index contributed by atoms with van der Waals surface area (Å²) < 4.78 is 26.3. The molecule has 5 nitrogen and oxygen atoms in total. The number of anilines is 1. The molecule has 1 atom stereocenters. The predicted molar refractivity (Wildman–Crippen MR) is 65.4 cm³/mol. The summed E-state index contributed by atoms with van der Waals surface area (Å²) in [6, 6.07) is 4.51. The minimum absolute atomic E-state index is 0.0381. The molecule has 0 saturated heterocycles. The minimum Gasteiger partial charge on any atom is -0.399 e. The van der Waals surface area contributed by atoms with Gasteiger partial charge in [-0.1, -0.05) is 0 Å². The largest absolute Gasteiger partial charge is 0.399 e. The molecule has 0 aliphatic heterocycles. The molecule has 0 aliphatic rings. The SMILES string of the molecule is C[C@@H](O)CNS(=O)(=O)c1cc(N)ccc1Br. The molecule has 1 aromatic rings. The van der Waals surface area contributed by atoms with Crippen molar-refractivity contribution >= 4 is 31.6 Å². The summed E-state index contributed by atoms with van der Waals surface area (Å²) in [4.78, 5) is 0.0631. The molecular formula is C9H13BrN2O3S. The molecule has 0 spiro atoms. The van der Waals surface area contributed by atoms with E-state index >= 15 is 0 Å². The Balaban J connectivity index is 3.02. The van der Waals surface area contributed by atoms with Gasteiger partial charge < -0.3 is 10.8 Å². The molecule has 0 fully saturated rings. The van der Waals surface area contributed by atoms with Crippen molar-refractivity contribution < 1.29 is 13.5 Å². The summed E-state index contributed by atoms with van der Waals surface area (Å²) in [7, 11) is -3.65. The van der Waals surface area contributed by atoms with Gasteiger partial charge in [-0.05, 0) is 41.1 Å². The van der Waals surface area contributed by atoms with E-state index in [4.69, 9.17) is 10.8 Å². The summed E-state index contributed by atoms with van der Waals surface area (Å²) in [5.74, 6) is 0. The number of nitrogens with one attached hydrogen (secondary N) is 1. The highest BCUT2D eigenvalue weighted by Crippen LogP contribution is 2.23. The third kappa shape index (κ3) is 3.44. The Hall–Kier alpha value is -0.630. The van der Waals surface area contributed by atoms with Gasteiger partial charge in [-0.3, -0.25) is 0 Å². The van der Waals surface area contributed by atoms with E-state index in [1.165, 1.54) is 13.0 Å². The lowest BCUT2D eigenvalue weighted by Crippen LogP contribution is -2.30. The molecule has 0 bridgehead atoms. The molecular weight excluding hydrogens is 296 g/mol. The zero-order chi connectivity index (χ0) is 12.3. The lowest BCUT2D eigenvalue weighted by molar-refractivity contribution is 0.198. The highest BCUT2D eigenvalue weighted by atomic mass is 79.9. The van der Waals surface area contributed by atoms with E-state index in [0.29, 0.717) is 10.2 Å². The summed E-state index contributed by atoms with van der Waals surface area (Å²) in [6.07, 6.45) is -0.741. The summed E-state index contributed by atoms with van der Waals surface area (Å²) in [5, 5.41) is 9.02. The first-order valence-electron chi connectivity index (χ1n) is 4.55. The number of rotatable bonds is 4. The van der Waals surface area contributed by atoms with E-state index in [1.807, 2.05) is 0 Å². The molecule has 7 heteroatoms. The summed E-state index contributed by atoms with van der Waals surface area (Å²) in [5.41, 5.74) is 5.88. The van der Waals surface area contributed by atoms with E-state index in [9.17, 15) is 8.42 Å². The second-order valence-corrected chi connectivity index (χ2v) is 5.98. The monoisotopic (exact) mass is 308 g/mol. The maximum absolute atomic E-state index is 11.8. The Bertz CT molecular complexity index is 474. The number of nitrogens with two attached hydrogens (primary N) is 1. The highest BCUT2D eigenvalue weighted by Gasteiger charge is 2.18. The average molecular weight is 309 g/mol. The lowest BCUT2D eigenvalue weighted by Gasteiger charge is -2.10. The van der Waals surface area contributed by atoms with Gasteiger partial charge in [0.15, 0.2) is 0 Å². The Morgan fingerprint density at radius 3 is 2.75 bits per heavy atom. The summed E-state index contributed by atoms with van der Waals surface area (Å²) in [6.45, 7) is 1.46. The number of benzene rings is 1. The molecule has 0 unspecified atom stereocenters. The van der Waals surface area contributed by atoms with Crippen LogP contribution in [0.4, 0.5) is 5.69 Å². The fraction of sp³-hybridized carbons (Fsp3) is 0.333. The number of sulfonamides is 1. The number of halogens is 1. The van der Waals surface area contributed by atoms with E-state index < -0.39 is 16.1 Å². The van der Waals surface area contributed by atoms with E-state index in [0.717, 1.165) is 0 Å². The van der Waals surface area contributed by atoms with Crippen LogP contribution in [-0.2, 0) is 10.0 Å². The smallest absolute Gasteiger partial charge is 0.241 e. The molecule has 0 radical (unpaired) electrons. The lowest BCUT2D eigenvalue weighted by atomic mass is 10.3. The molecule has 4 N–H and O–H groups in total. The van der Waals surface area contributed by atoms with Gasteiger partial charge in [0, 0.05) is 16.7 Å². The maximum atomic E-state index is 11.8. The van der Waals surface area contributed by atoms with Crippen molar-refractivity contribution in [2.45, 2.75) is 17.9 Å². The van der Waals surface area contributed by atoms with Crippen LogP contribution in [0.15, 0.2) is 27.6 Å². The van der Waals surface area contributed by atoms with Crippen molar-refractivity contribution in [3.05, 3.63) is 22.7 Å². The minimum atomic E-state index is -3.65. The van der Waals surface area contributed by atoms with Gasteiger partial charge in [0.2, 0.25) is 10.0 Å². The highest BCUT2D eigenvalue weighted by molar-refractivity contribution is 9.10. The Morgan fingerprint density at radius 2 is 2.19 bits per heavy atom. The van der Waals surface area contributed by atoms with Crippen LogP contribution in [0, 0.1) is 0 Å². The molecule has 0 heterocycles. The first-order chi connectivity index (χ1) is 7.33. The number of hydrogen-bond donors (Lipinski definition) is 3. The van der Waals surface area contributed by atoms with Crippen LogP contribution in [0.1, 0.15) is 6.92 Å². The van der Waals surface area contributed by atoms with Gasteiger partial charge in [0.05, 0.1) is 11.0 Å². The van der Waals surface area contributed by atoms with Crippen molar-refractivity contribution in [1.82, 2.24) is 4.72 Å². The zero-order valence-corrected chi connectivity index (χ0v) is 11.0. The number of aliphatic hydroxyl groups is 1. The normalized spacial score (nSPS) is 13.7. The number of aliphatic hydroxyl groups excluding tert-OH is 1. The Kier molecular flexibility index (Phi) is 4.31. The molecule has 1 aromatic carbocycles. The quantitative estimate of drug-likeness (QED) is 0.714. The molecule has 1 rings (SSSR count). The second-order valence-electron chi connectivity index (χ2n) is 3.39. The van der Waals surface area contributed by atoms with Crippen molar-refractivity contribution in [1.29, 1.82) is 0 Å². The van der Waals surface area contributed by atoms with Crippen LogP contribution in [0.25, 0.3) is 0 Å². The molecule has 16 heavy (non-hydrogen) atoms. The van der Waals surface area contributed by atoms with Crippen molar-refractivity contribution in [2.75, 3.05) is 12.3 Å². The fourth-order valence-corrected chi connectivity index (χ4v) is 3.15. The van der Waals surface area contributed by atoms with E-state index in [1.54, 1.807) is 12.1 Å². The topological polar surface area (TPSA) is 92.4 Å². The van der Waals surface area contributed by atoms with Gasteiger partial charge in [0.1, 0.15) is 0 Å². The predicted octanol–water partition coefficient (Wildman–Crippen LogP) is 0.690. The number of hydrogen-bond acceptors (Lipinski definition) is 4. The molecule has 0 aliphatic carbocycles. The van der Waals surface area contributed by atoms with Crippen molar-refractivity contribution in [3.8, 4) is 0 Å². The van der Waals surface area contributed by atoms with Gasteiger partial charge in [-0.2, -0.15) is 0 Å². The van der Waals surface area contributed by atoms with E-state index in [2.05, 4.69) is 20.7 Å². The van der Waals surface area contributed by atoms with Crippen LogP contribution < -0.4 is 10.5 Å². The first-order valence-corrected chi connectivity index (χ1v) is 6.83. The second kappa shape index (κ2) is 5.13. The van der Waals surface area contributed by atoms with Crippen LogP contribution in [0.3, 0.4) is 0 Å². The molecule has 0 aromatic heterocycles. The van der Waals surface area contributed by atoms with Gasteiger partial charge in [0.25, 0.3) is 0 Å². The molecule has 0 amide bonds. The molecule has 0 saturated carbocycles. The van der Waals surface area contributed by atoms with Gasteiger partial charge >= 0.3 is 0 Å². The Labute approximate surface area is 103 Å². The van der Waals surface area contributed by atoms with Crippen LogP contribution in [0.5, 0.6) is 0 Å². The fourth-order valence-electron chi connectivity index (χ4n) is 1.03.